The van der Waals surface area contributed by atoms with Crippen LogP contribution in [0.15, 0.2) is 6.07 Å². The number of benzene rings is 1. The Bertz CT molecular complexity index is 468. The summed E-state index contributed by atoms with van der Waals surface area (Å²) < 4.78 is 10.9. The molecule has 5 nitrogen and oxygen atoms in total. The van der Waals surface area contributed by atoms with E-state index in [4.69, 9.17) is 15.2 Å². The average molecular weight is 237 g/mol. The molecular weight excluding hydrogens is 222 g/mol. The minimum Gasteiger partial charge on any atom is -0.486 e. The number of anilines is 1. The Morgan fingerprint density at radius 2 is 2.06 bits per heavy atom. The van der Waals surface area contributed by atoms with Crippen LogP contribution in [0.2, 0.25) is 0 Å². The summed E-state index contributed by atoms with van der Waals surface area (Å²) >= 11 is 0. The molecule has 0 saturated heterocycles. The first-order valence-corrected chi connectivity index (χ1v) is 5.47. The molecule has 0 fully saturated rings. The first kappa shape index (κ1) is 11.6. The Labute approximate surface area is 99.1 Å². The van der Waals surface area contributed by atoms with Crippen LogP contribution in [-0.4, -0.2) is 24.3 Å². The Morgan fingerprint density at radius 1 is 1.41 bits per heavy atom. The van der Waals surface area contributed by atoms with Crippen molar-refractivity contribution < 1.29 is 19.4 Å². The molecule has 17 heavy (non-hydrogen) atoms. The first-order valence-electron chi connectivity index (χ1n) is 5.47. The van der Waals surface area contributed by atoms with Crippen molar-refractivity contribution >= 4 is 11.7 Å². The van der Waals surface area contributed by atoms with Gasteiger partial charge in [0.05, 0.1) is 11.3 Å². The molecule has 0 unspecified atom stereocenters. The largest absolute Gasteiger partial charge is 0.486 e. The van der Waals surface area contributed by atoms with Gasteiger partial charge in [0.15, 0.2) is 11.5 Å². The lowest BCUT2D eigenvalue weighted by atomic mass is 9.94. The van der Waals surface area contributed by atoms with Gasteiger partial charge < -0.3 is 20.3 Å². The van der Waals surface area contributed by atoms with Crippen LogP contribution in [0.25, 0.3) is 0 Å². The number of ether oxygens (including phenoxy) is 2. The van der Waals surface area contributed by atoms with Crippen LogP contribution in [0, 0.1) is 0 Å². The number of nitrogen functional groups attached to an aromatic ring is 1. The lowest BCUT2D eigenvalue weighted by Gasteiger charge is -2.24. The summed E-state index contributed by atoms with van der Waals surface area (Å²) in [6.07, 6.45) is 0. The normalized spacial score (nSPS) is 13.8. The number of rotatable bonds is 2. The molecular formula is C12H15NO4. The number of carboxylic acid groups (broad SMARTS) is 1. The fourth-order valence-corrected chi connectivity index (χ4v) is 2.02. The van der Waals surface area contributed by atoms with Crippen LogP contribution in [0.3, 0.4) is 0 Å². The third-order valence-electron chi connectivity index (χ3n) is 2.69. The van der Waals surface area contributed by atoms with Crippen LogP contribution in [0.5, 0.6) is 11.5 Å². The van der Waals surface area contributed by atoms with E-state index in [1.165, 1.54) is 6.07 Å². The van der Waals surface area contributed by atoms with Crippen molar-refractivity contribution in [2.24, 2.45) is 0 Å². The SMILES string of the molecule is CC(C)c1c2c(cc(N)c1C(=O)O)OCCO2. The fraction of sp³-hybridized carbons (Fsp3) is 0.417. The fourth-order valence-electron chi connectivity index (χ4n) is 2.02. The summed E-state index contributed by atoms with van der Waals surface area (Å²) in [5, 5.41) is 9.22. The van der Waals surface area contributed by atoms with E-state index >= 15 is 0 Å². The standard InChI is InChI=1S/C12H15NO4/c1-6(2)9-10(12(14)15)7(13)5-8-11(9)17-4-3-16-8/h5-6H,3-4,13H2,1-2H3,(H,14,15). The number of carbonyl (C=O) groups is 1. The maximum Gasteiger partial charge on any atom is 0.338 e. The summed E-state index contributed by atoms with van der Waals surface area (Å²) in [5.74, 6) is 0.00326. The number of hydrogen-bond acceptors (Lipinski definition) is 4. The van der Waals surface area contributed by atoms with Gasteiger partial charge >= 0.3 is 5.97 Å². The van der Waals surface area contributed by atoms with Crippen molar-refractivity contribution in [3.05, 3.63) is 17.2 Å². The van der Waals surface area contributed by atoms with Gasteiger partial charge in [-0.25, -0.2) is 4.79 Å². The summed E-state index contributed by atoms with van der Waals surface area (Å²) in [7, 11) is 0. The molecule has 0 atom stereocenters. The van der Waals surface area contributed by atoms with Gasteiger partial charge in [0.2, 0.25) is 0 Å². The highest BCUT2D eigenvalue weighted by molar-refractivity contribution is 5.97. The van der Waals surface area contributed by atoms with E-state index in [9.17, 15) is 9.90 Å². The van der Waals surface area contributed by atoms with Crippen molar-refractivity contribution in [1.29, 1.82) is 0 Å². The number of aromatic carboxylic acids is 1. The molecule has 1 aromatic rings. The zero-order valence-corrected chi connectivity index (χ0v) is 9.82. The predicted molar refractivity (Wildman–Crippen MR) is 62.9 cm³/mol. The van der Waals surface area contributed by atoms with Gasteiger partial charge in [-0.3, -0.25) is 0 Å². The first-order chi connectivity index (χ1) is 8.02. The van der Waals surface area contributed by atoms with Crippen LogP contribution < -0.4 is 15.2 Å². The van der Waals surface area contributed by atoms with E-state index in [-0.39, 0.29) is 17.2 Å². The van der Waals surface area contributed by atoms with Crippen LogP contribution in [-0.2, 0) is 0 Å². The maximum atomic E-state index is 11.3. The Balaban J connectivity index is 2.71. The van der Waals surface area contributed by atoms with Gasteiger partial charge in [-0.05, 0) is 5.92 Å². The summed E-state index contributed by atoms with van der Waals surface area (Å²) in [4.78, 5) is 11.3. The molecule has 0 spiro atoms. The van der Waals surface area contributed by atoms with Gasteiger partial charge in [-0.1, -0.05) is 13.8 Å². The molecule has 0 bridgehead atoms. The van der Waals surface area contributed by atoms with Crippen LogP contribution in [0.1, 0.15) is 35.7 Å². The molecule has 5 heteroatoms. The van der Waals surface area contributed by atoms with Crippen LogP contribution >= 0.6 is 0 Å². The van der Waals surface area contributed by atoms with Crippen molar-refractivity contribution in [1.82, 2.24) is 0 Å². The predicted octanol–water partition coefficient (Wildman–Crippen LogP) is 1.86. The van der Waals surface area contributed by atoms with E-state index in [1.807, 2.05) is 13.8 Å². The van der Waals surface area contributed by atoms with Crippen molar-refractivity contribution in [2.75, 3.05) is 18.9 Å². The summed E-state index contributed by atoms with van der Waals surface area (Å²) in [6, 6.07) is 1.52. The van der Waals surface area contributed by atoms with Crippen molar-refractivity contribution in [3.8, 4) is 11.5 Å². The molecule has 0 aromatic heterocycles. The second-order valence-corrected chi connectivity index (χ2v) is 4.24. The van der Waals surface area contributed by atoms with Gasteiger partial charge in [0, 0.05) is 11.6 Å². The molecule has 0 radical (unpaired) electrons. The summed E-state index contributed by atoms with van der Waals surface area (Å²) in [5.41, 5.74) is 6.70. The van der Waals surface area contributed by atoms with Crippen molar-refractivity contribution in [3.63, 3.8) is 0 Å². The topological polar surface area (TPSA) is 81.8 Å². The van der Waals surface area contributed by atoms with Gasteiger partial charge in [-0.15, -0.1) is 0 Å². The van der Waals surface area contributed by atoms with Crippen molar-refractivity contribution in [2.45, 2.75) is 19.8 Å². The number of carboxylic acids is 1. The average Bonchev–Trinajstić information content (AvgIpc) is 2.26. The zero-order valence-electron chi connectivity index (χ0n) is 9.82. The maximum absolute atomic E-state index is 11.3. The number of nitrogens with two attached hydrogens (primary N) is 1. The second-order valence-electron chi connectivity index (χ2n) is 4.24. The van der Waals surface area contributed by atoms with E-state index < -0.39 is 5.97 Å². The Morgan fingerprint density at radius 3 is 2.65 bits per heavy atom. The van der Waals surface area contributed by atoms with Gasteiger partial charge in [-0.2, -0.15) is 0 Å². The highest BCUT2D eigenvalue weighted by Crippen LogP contribution is 2.42. The lowest BCUT2D eigenvalue weighted by Crippen LogP contribution is -2.19. The smallest absolute Gasteiger partial charge is 0.338 e. The van der Waals surface area contributed by atoms with E-state index in [0.717, 1.165) is 0 Å². The molecule has 92 valence electrons. The Hall–Kier alpha value is -1.91. The third-order valence-corrected chi connectivity index (χ3v) is 2.69. The highest BCUT2D eigenvalue weighted by atomic mass is 16.6. The highest BCUT2D eigenvalue weighted by Gasteiger charge is 2.26. The molecule has 2 rings (SSSR count). The van der Waals surface area contributed by atoms with E-state index in [2.05, 4.69) is 0 Å². The lowest BCUT2D eigenvalue weighted by molar-refractivity contribution is 0.0695. The second kappa shape index (κ2) is 4.16. The van der Waals surface area contributed by atoms with E-state index in [0.29, 0.717) is 30.3 Å². The number of fused-ring (bicyclic) bond motifs is 1. The molecule has 3 N–H and O–H groups in total. The zero-order chi connectivity index (χ0) is 12.6. The summed E-state index contributed by atoms with van der Waals surface area (Å²) in [6.45, 7) is 4.69. The molecule has 1 aromatic carbocycles. The monoisotopic (exact) mass is 237 g/mol. The van der Waals surface area contributed by atoms with E-state index in [1.54, 1.807) is 0 Å². The van der Waals surface area contributed by atoms with Crippen LogP contribution in [0.4, 0.5) is 5.69 Å². The molecule has 1 aliphatic rings. The minimum absolute atomic E-state index is 0.0000463. The molecule has 0 saturated carbocycles. The minimum atomic E-state index is -1.04. The quantitative estimate of drug-likeness (QED) is 0.767. The number of hydrogen-bond donors (Lipinski definition) is 2. The Kier molecular flexibility index (Phi) is 2.83. The third kappa shape index (κ3) is 1.88. The van der Waals surface area contributed by atoms with Gasteiger partial charge in [0.1, 0.15) is 13.2 Å². The molecule has 1 heterocycles. The molecule has 0 aliphatic carbocycles. The molecule has 0 amide bonds. The van der Waals surface area contributed by atoms with Gasteiger partial charge in [0.25, 0.3) is 0 Å². The molecule has 1 aliphatic heterocycles.